The Morgan fingerprint density at radius 2 is 1.90 bits per heavy atom. The Bertz CT molecular complexity index is 789. The number of carbonyl (C=O) groups excluding carboxylic acids is 1. The molecule has 10 heteroatoms. The molecule has 2 rings (SSSR count). The number of alkyl halides is 3. The van der Waals surface area contributed by atoms with Crippen LogP contribution in [0.3, 0.4) is 0 Å². The van der Waals surface area contributed by atoms with E-state index in [4.69, 9.17) is 0 Å². The molecule has 1 heterocycles. The summed E-state index contributed by atoms with van der Waals surface area (Å²) >= 11 is 0. The lowest BCUT2D eigenvalue weighted by Gasteiger charge is -2.32. The minimum Gasteiger partial charge on any atom is -0.352 e. The first kappa shape index (κ1) is 23.6. The number of halogens is 3. The molecular formula is C19H28F3N3O3S. The largest absolute Gasteiger partial charge is 0.416 e. The molecule has 1 fully saturated rings. The second-order valence-corrected chi connectivity index (χ2v) is 9.88. The van der Waals surface area contributed by atoms with Crippen LogP contribution >= 0.6 is 0 Å². The van der Waals surface area contributed by atoms with Gasteiger partial charge in [0.25, 0.3) is 5.91 Å². The Morgan fingerprint density at radius 1 is 1.24 bits per heavy atom. The normalized spacial score (nSPS) is 16.9. The molecule has 1 aromatic carbocycles. The molecule has 1 aliphatic rings. The van der Waals surface area contributed by atoms with Crippen molar-refractivity contribution < 1.29 is 26.4 Å². The zero-order valence-electron chi connectivity index (χ0n) is 16.6. The molecule has 1 aliphatic heterocycles. The first-order valence-electron chi connectivity index (χ1n) is 9.65. The van der Waals surface area contributed by atoms with Gasteiger partial charge in [0.2, 0.25) is 10.0 Å². The molecule has 29 heavy (non-hydrogen) atoms. The third kappa shape index (κ3) is 7.27. The summed E-state index contributed by atoms with van der Waals surface area (Å²) in [5.41, 5.74) is -0.846. The monoisotopic (exact) mass is 435 g/mol. The number of amides is 1. The SMILES string of the molecule is CC(C)S(=O)(=O)NCCN1CCC(CNC(=O)c2cccc(C(F)(F)F)c2)CC1. The fraction of sp³-hybridized carbons (Fsp3) is 0.632. The van der Waals surface area contributed by atoms with Crippen LogP contribution in [0.5, 0.6) is 0 Å². The quantitative estimate of drug-likeness (QED) is 0.658. The predicted octanol–water partition coefficient (Wildman–Crippen LogP) is 2.48. The summed E-state index contributed by atoms with van der Waals surface area (Å²) in [6.45, 7) is 6.21. The van der Waals surface area contributed by atoms with Crippen molar-refractivity contribution in [2.24, 2.45) is 5.92 Å². The standard InChI is InChI=1S/C19H28F3N3O3S/c1-14(2)29(27,28)24-8-11-25-9-6-15(7-10-25)13-23-18(26)16-4-3-5-17(12-16)19(20,21)22/h3-5,12,14-15,24H,6-11,13H2,1-2H3,(H,23,26). The van der Waals surface area contributed by atoms with Crippen LogP contribution in [0, 0.1) is 5.92 Å². The number of nitrogens with one attached hydrogen (secondary N) is 2. The van der Waals surface area contributed by atoms with Gasteiger partial charge in [-0.15, -0.1) is 0 Å². The molecular weight excluding hydrogens is 407 g/mol. The zero-order valence-corrected chi connectivity index (χ0v) is 17.4. The lowest BCUT2D eigenvalue weighted by molar-refractivity contribution is -0.137. The summed E-state index contributed by atoms with van der Waals surface area (Å²) in [6, 6.07) is 4.39. The van der Waals surface area contributed by atoms with E-state index in [9.17, 15) is 26.4 Å². The minimum atomic E-state index is -4.48. The average Bonchev–Trinajstić information content (AvgIpc) is 2.66. The highest BCUT2D eigenvalue weighted by atomic mass is 32.2. The van der Waals surface area contributed by atoms with Crippen molar-refractivity contribution in [2.45, 2.75) is 38.1 Å². The fourth-order valence-corrected chi connectivity index (χ4v) is 3.81. The average molecular weight is 436 g/mol. The van der Waals surface area contributed by atoms with Gasteiger partial charge in [-0.2, -0.15) is 13.2 Å². The van der Waals surface area contributed by atoms with E-state index in [1.54, 1.807) is 13.8 Å². The zero-order chi connectivity index (χ0) is 21.7. The molecule has 1 saturated heterocycles. The van der Waals surface area contributed by atoms with Crippen LogP contribution in [-0.4, -0.2) is 57.2 Å². The van der Waals surface area contributed by atoms with Gasteiger partial charge >= 0.3 is 6.18 Å². The lowest BCUT2D eigenvalue weighted by atomic mass is 9.96. The number of sulfonamides is 1. The topological polar surface area (TPSA) is 78.5 Å². The number of benzene rings is 1. The summed E-state index contributed by atoms with van der Waals surface area (Å²) in [6.07, 6.45) is -2.81. The summed E-state index contributed by atoms with van der Waals surface area (Å²) in [4.78, 5) is 14.3. The van der Waals surface area contributed by atoms with Gasteiger partial charge in [0.15, 0.2) is 0 Å². The molecule has 0 unspecified atom stereocenters. The van der Waals surface area contributed by atoms with Crippen molar-refractivity contribution in [3.05, 3.63) is 35.4 Å². The van der Waals surface area contributed by atoms with E-state index in [0.717, 1.165) is 38.1 Å². The van der Waals surface area contributed by atoms with E-state index in [1.807, 2.05) is 0 Å². The Kier molecular flexibility index (Phi) is 8.07. The lowest BCUT2D eigenvalue weighted by Crippen LogP contribution is -2.42. The van der Waals surface area contributed by atoms with Gasteiger partial charge in [-0.05, 0) is 63.9 Å². The second kappa shape index (κ2) is 9.90. The van der Waals surface area contributed by atoms with Crippen molar-refractivity contribution in [1.82, 2.24) is 14.9 Å². The van der Waals surface area contributed by atoms with Crippen LogP contribution in [-0.2, 0) is 16.2 Å². The maximum Gasteiger partial charge on any atom is 0.416 e. The molecule has 2 N–H and O–H groups in total. The van der Waals surface area contributed by atoms with Crippen LogP contribution in [0.1, 0.15) is 42.6 Å². The highest BCUT2D eigenvalue weighted by Crippen LogP contribution is 2.29. The predicted molar refractivity (Wildman–Crippen MR) is 105 cm³/mol. The number of nitrogens with zero attached hydrogens (tertiary/aromatic N) is 1. The number of hydrogen-bond donors (Lipinski definition) is 2. The van der Waals surface area contributed by atoms with Gasteiger partial charge < -0.3 is 10.2 Å². The van der Waals surface area contributed by atoms with Crippen LogP contribution in [0.15, 0.2) is 24.3 Å². The van der Waals surface area contributed by atoms with Gasteiger partial charge in [-0.1, -0.05) is 6.07 Å². The van der Waals surface area contributed by atoms with Crippen LogP contribution < -0.4 is 10.0 Å². The van der Waals surface area contributed by atoms with Gasteiger partial charge in [-0.3, -0.25) is 4.79 Å². The van der Waals surface area contributed by atoms with Crippen LogP contribution in [0.4, 0.5) is 13.2 Å². The summed E-state index contributed by atoms with van der Waals surface area (Å²) in [7, 11) is -3.26. The molecule has 0 aromatic heterocycles. The third-order valence-corrected chi connectivity index (χ3v) is 6.91. The van der Waals surface area contributed by atoms with Gasteiger partial charge in [0.05, 0.1) is 10.8 Å². The smallest absolute Gasteiger partial charge is 0.352 e. The molecule has 1 aromatic rings. The minimum absolute atomic E-state index is 0.00491. The highest BCUT2D eigenvalue weighted by Gasteiger charge is 2.31. The van der Waals surface area contributed by atoms with Crippen molar-refractivity contribution >= 4 is 15.9 Å². The number of piperidine rings is 1. The molecule has 0 saturated carbocycles. The van der Waals surface area contributed by atoms with E-state index in [2.05, 4.69) is 14.9 Å². The van der Waals surface area contributed by atoms with E-state index in [1.165, 1.54) is 12.1 Å². The van der Waals surface area contributed by atoms with E-state index in [0.29, 0.717) is 19.6 Å². The highest BCUT2D eigenvalue weighted by molar-refractivity contribution is 7.90. The summed E-state index contributed by atoms with van der Waals surface area (Å²) in [5.74, 6) is -0.269. The molecule has 0 aliphatic carbocycles. The second-order valence-electron chi connectivity index (χ2n) is 7.56. The van der Waals surface area contributed by atoms with Crippen molar-refractivity contribution in [3.8, 4) is 0 Å². The Balaban J connectivity index is 1.73. The van der Waals surface area contributed by atoms with Crippen molar-refractivity contribution in [1.29, 1.82) is 0 Å². The number of likely N-dealkylation sites (tertiary alicyclic amines) is 1. The molecule has 6 nitrogen and oxygen atoms in total. The van der Waals surface area contributed by atoms with Crippen LogP contribution in [0.25, 0.3) is 0 Å². The number of carbonyl (C=O) groups is 1. The van der Waals surface area contributed by atoms with Gasteiger partial charge in [0, 0.05) is 25.2 Å². The van der Waals surface area contributed by atoms with E-state index < -0.39 is 32.9 Å². The summed E-state index contributed by atoms with van der Waals surface area (Å²) < 4.78 is 64.3. The fourth-order valence-electron chi connectivity index (χ4n) is 3.10. The third-order valence-electron chi connectivity index (χ3n) is 5.06. The molecule has 0 spiro atoms. The summed E-state index contributed by atoms with van der Waals surface area (Å²) in [5, 5.41) is 2.26. The van der Waals surface area contributed by atoms with E-state index >= 15 is 0 Å². The van der Waals surface area contributed by atoms with Crippen molar-refractivity contribution in [3.63, 3.8) is 0 Å². The molecule has 0 radical (unpaired) electrons. The number of hydrogen-bond acceptors (Lipinski definition) is 4. The molecule has 0 atom stereocenters. The first-order chi connectivity index (χ1) is 13.5. The number of rotatable bonds is 8. The first-order valence-corrected chi connectivity index (χ1v) is 11.2. The molecule has 0 bridgehead atoms. The molecule has 164 valence electrons. The Labute approximate surface area is 169 Å². The van der Waals surface area contributed by atoms with Crippen molar-refractivity contribution in [2.75, 3.05) is 32.7 Å². The van der Waals surface area contributed by atoms with E-state index in [-0.39, 0.29) is 11.5 Å². The van der Waals surface area contributed by atoms with Gasteiger partial charge in [-0.25, -0.2) is 13.1 Å². The Hall–Kier alpha value is -1.65. The maximum atomic E-state index is 12.8. The van der Waals surface area contributed by atoms with Gasteiger partial charge in [0.1, 0.15) is 0 Å². The molecule has 1 amide bonds. The Morgan fingerprint density at radius 3 is 2.48 bits per heavy atom. The maximum absolute atomic E-state index is 12.8. The van der Waals surface area contributed by atoms with Crippen LogP contribution in [0.2, 0.25) is 0 Å².